The number of hydrogen-bond donors (Lipinski definition) is 1. The maximum atomic E-state index is 11.8. The molecule has 0 aliphatic carbocycles. The molecule has 3 nitrogen and oxygen atoms in total. The molecule has 0 unspecified atom stereocenters. The van der Waals surface area contributed by atoms with Crippen LogP contribution in [0.15, 0.2) is 17.5 Å². The van der Waals surface area contributed by atoms with Gasteiger partial charge in [-0.2, -0.15) is 0 Å². The molecule has 92 valence electrons. The van der Waals surface area contributed by atoms with E-state index in [1.807, 2.05) is 17.5 Å². The summed E-state index contributed by atoms with van der Waals surface area (Å²) in [4.78, 5) is 1.23. The second kappa shape index (κ2) is 5.29. The molecule has 1 heterocycles. The van der Waals surface area contributed by atoms with Gasteiger partial charge in [0, 0.05) is 18.0 Å². The number of nitrogens with one attached hydrogen (secondary N) is 1. The van der Waals surface area contributed by atoms with E-state index < -0.39 is 14.6 Å². The Morgan fingerprint density at radius 1 is 1.38 bits per heavy atom. The van der Waals surface area contributed by atoms with Gasteiger partial charge in [0.2, 0.25) is 0 Å². The van der Waals surface area contributed by atoms with Gasteiger partial charge in [0.25, 0.3) is 0 Å². The van der Waals surface area contributed by atoms with Gasteiger partial charge in [-0.05, 0) is 32.2 Å². The Balaban J connectivity index is 2.31. The predicted octanol–water partition coefficient (Wildman–Crippen LogP) is 2.05. The Morgan fingerprint density at radius 2 is 2.06 bits per heavy atom. The highest BCUT2D eigenvalue weighted by Gasteiger charge is 2.27. The van der Waals surface area contributed by atoms with E-state index in [-0.39, 0.29) is 5.75 Å². The van der Waals surface area contributed by atoms with Crippen LogP contribution in [-0.4, -0.2) is 25.5 Å². The molecule has 5 heteroatoms. The Labute approximate surface area is 102 Å². The summed E-state index contributed by atoms with van der Waals surface area (Å²) in [7, 11) is -3.00. The van der Waals surface area contributed by atoms with Gasteiger partial charge in [-0.15, -0.1) is 11.3 Å². The highest BCUT2D eigenvalue weighted by molar-refractivity contribution is 7.92. The van der Waals surface area contributed by atoms with Crippen LogP contribution in [0, 0.1) is 0 Å². The second-order valence-corrected chi connectivity index (χ2v) is 8.58. The molecule has 0 atom stereocenters. The molecule has 0 aliphatic heterocycles. The molecule has 0 fully saturated rings. The lowest BCUT2D eigenvalue weighted by atomic mass is 10.3. The average Bonchev–Trinajstić information content (AvgIpc) is 2.63. The van der Waals surface area contributed by atoms with Gasteiger partial charge >= 0.3 is 0 Å². The largest absolute Gasteiger partial charge is 0.311 e. The van der Waals surface area contributed by atoms with Gasteiger partial charge in [0.1, 0.15) is 0 Å². The summed E-state index contributed by atoms with van der Waals surface area (Å²) in [5, 5.41) is 5.16. The van der Waals surface area contributed by atoms with Crippen molar-refractivity contribution in [3.8, 4) is 0 Å². The Morgan fingerprint density at radius 3 is 2.56 bits per heavy atom. The van der Waals surface area contributed by atoms with Crippen LogP contribution in [0.2, 0.25) is 0 Å². The van der Waals surface area contributed by atoms with E-state index in [9.17, 15) is 8.42 Å². The first-order valence-electron chi connectivity index (χ1n) is 5.28. The second-order valence-electron chi connectivity index (χ2n) is 4.69. The normalized spacial score (nSPS) is 12.9. The molecule has 0 aromatic carbocycles. The molecule has 0 saturated carbocycles. The fourth-order valence-electron chi connectivity index (χ4n) is 1.14. The quantitative estimate of drug-likeness (QED) is 0.825. The first-order chi connectivity index (χ1) is 7.33. The average molecular weight is 261 g/mol. The molecular weight excluding hydrogens is 242 g/mol. The van der Waals surface area contributed by atoms with E-state index in [1.54, 1.807) is 32.1 Å². The maximum Gasteiger partial charge on any atom is 0.156 e. The van der Waals surface area contributed by atoms with E-state index in [0.29, 0.717) is 6.54 Å². The lowest BCUT2D eigenvalue weighted by Gasteiger charge is -2.19. The third kappa shape index (κ3) is 3.88. The van der Waals surface area contributed by atoms with Crippen LogP contribution in [0.25, 0.3) is 0 Å². The SMILES string of the molecule is CC(C)(C)S(=O)(=O)CCNCc1cccs1. The minimum atomic E-state index is -3.00. The van der Waals surface area contributed by atoms with Gasteiger partial charge in [0.05, 0.1) is 10.5 Å². The molecule has 1 aromatic rings. The molecule has 0 saturated heterocycles. The molecule has 16 heavy (non-hydrogen) atoms. The van der Waals surface area contributed by atoms with Crippen LogP contribution >= 0.6 is 11.3 Å². The summed E-state index contributed by atoms with van der Waals surface area (Å²) >= 11 is 1.67. The molecule has 0 amide bonds. The molecule has 0 bridgehead atoms. The summed E-state index contributed by atoms with van der Waals surface area (Å²) in [5.41, 5.74) is 0. The molecule has 0 radical (unpaired) electrons. The minimum absolute atomic E-state index is 0.196. The van der Waals surface area contributed by atoms with Crippen LogP contribution in [0.1, 0.15) is 25.6 Å². The molecular formula is C11H19NO2S2. The monoisotopic (exact) mass is 261 g/mol. The zero-order valence-corrected chi connectivity index (χ0v) is 11.6. The summed E-state index contributed by atoms with van der Waals surface area (Å²) in [6.07, 6.45) is 0. The van der Waals surface area contributed by atoms with E-state index in [1.165, 1.54) is 4.88 Å². The Kier molecular flexibility index (Phi) is 4.52. The van der Waals surface area contributed by atoms with Crippen LogP contribution in [0.3, 0.4) is 0 Å². The van der Waals surface area contributed by atoms with Crippen molar-refractivity contribution in [1.29, 1.82) is 0 Å². The third-order valence-electron chi connectivity index (χ3n) is 2.36. The fraction of sp³-hybridized carbons (Fsp3) is 0.636. The van der Waals surface area contributed by atoms with Gasteiger partial charge < -0.3 is 5.32 Å². The standard InChI is InChI=1S/C11H19NO2S2/c1-11(2,3)16(13,14)8-6-12-9-10-5-4-7-15-10/h4-5,7,12H,6,8-9H2,1-3H3. The van der Waals surface area contributed by atoms with Crippen LogP contribution in [-0.2, 0) is 16.4 Å². The first-order valence-corrected chi connectivity index (χ1v) is 7.81. The van der Waals surface area contributed by atoms with Gasteiger partial charge in [-0.25, -0.2) is 8.42 Å². The third-order valence-corrected chi connectivity index (χ3v) is 5.84. The lowest BCUT2D eigenvalue weighted by Crippen LogP contribution is -2.34. The Hall–Kier alpha value is -0.390. The summed E-state index contributed by atoms with van der Waals surface area (Å²) in [5.74, 6) is 0.196. The van der Waals surface area contributed by atoms with Crippen LogP contribution in [0.4, 0.5) is 0 Å². The highest BCUT2D eigenvalue weighted by atomic mass is 32.2. The fourth-order valence-corrected chi connectivity index (χ4v) is 2.84. The van der Waals surface area contributed by atoms with Crippen molar-refractivity contribution in [2.24, 2.45) is 0 Å². The van der Waals surface area contributed by atoms with Crippen molar-refractivity contribution in [3.63, 3.8) is 0 Å². The first kappa shape index (κ1) is 13.7. The maximum absolute atomic E-state index is 11.8. The van der Waals surface area contributed by atoms with Crippen molar-refractivity contribution in [3.05, 3.63) is 22.4 Å². The summed E-state index contributed by atoms with van der Waals surface area (Å²) in [6, 6.07) is 4.03. The smallest absolute Gasteiger partial charge is 0.156 e. The molecule has 0 spiro atoms. The van der Waals surface area contributed by atoms with Crippen molar-refractivity contribution >= 4 is 21.2 Å². The topological polar surface area (TPSA) is 46.2 Å². The minimum Gasteiger partial charge on any atom is -0.311 e. The van der Waals surface area contributed by atoms with Gasteiger partial charge in [-0.1, -0.05) is 6.07 Å². The molecule has 0 aliphatic rings. The van der Waals surface area contributed by atoms with E-state index >= 15 is 0 Å². The van der Waals surface area contributed by atoms with Crippen molar-refractivity contribution in [1.82, 2.24) is 5.32 Å². The van der Waals surface area contributed by atoms with E-state index in [0.717, 1.165) is 6.54 Å². The molecule has 1 aromatic heterocycles. The predicted molar refractivity (Wildman–Crippen MR) is 69.6 cm³/mol. The van der Waals surface area contributed by atoms with Crippen molar-refractivity contribution < 1.29 is 8.42 Å². The van der Waals surface area contributed by atoms with E-state index in [2.05, 4.69) is 5.32 Å². The van der Waals surface area contributed by atoms with Crippen LogP contribution in [0.5, 0.6) is 0 Å². The molecule has 1 N–H and O–H groups in total. The van der Waals surface area contributed by atoms with Crippen molar-refractivity contribution in [2.45, 2.75) is 32.1 Å². The van der Waals surface area contributed by atoms with Gasteiger partial charge in [0.15, 0.2) is 9.84 Å². The van der Waals surface area contributed by atoms with Crippen LogP contribution < -0.4 is 5.32 Å². The summed E-state index contributed by atoms with van der Waals surface area (Å²) < 4.78 is 22.9. The number of rotatable bonds is 5. The lowest BCUT2D eigenvalue weighted by molar-refractivity contribution is 0.556. The zero-order valence-electron chi connectivity index (χ0n) is 9.99. The Bertz CT molecular complexity index is 402. The number of thiophene rings is 1. The summed E-state index contributed by atoms with van der Waals surface area (Å²) in [6.45, 7) is 6.47. The van der Waals surface area contributed by atoms with Crippen molar-refractivity contribution in [2.75, 3.05) is 12.3 Å². The highest BCUT2D eigenvalue weighted by Crippen LogP contribution is 2.15. The van der Waals surface area contributed by atoms with E-state index in [4.69, 9.17) is 0 Å². The molecule has 1 rings (SSSR count). The zero-order chi connectivity index (χ0) is 12.2. The number of sulfone groups is 1. The number of hydrogen-bond acceptors (Lipinski definition) is 4. The van der Waals surface area contributed by atoms with Gasteiger partial charge in [-0.3, -0.25) is 0 Å².